The van der Waals surface area contributed by atoms with E-state index in [1.54, 1.807) is 0 Å². The molecule has 0 spiro atoms. The van der Waals surface area contributed by atoms with E-state index >= 15 is 0 Å². The third-order valence-electron chi connectivity index (χ3n) is 1.88. The standard InChI is InChI=1S/2C4H12N2O.C4H11N2.O.Ti/c2*1-2-5-3-4-6-7;1-2-6-4-3-5;;/h2*5-7H,2-4H2,1H3;5-6H,2-4H2,1H3;;/q;;-1;;+1. The zero-order valence-corrected chi connectivity index (χ0v) is 15.7. The number of hydrogen-bond donors (Lipinski definition) is 7. The molecule has 0 aliphatic carbocycles. The van der Waals surface area contributed by atoms with Gasteiger partial charge in [-0.1, -0.05) is 20.8 Å². The Morgan fingerprint density at radius 3 is 1.23 bits per heavy atom. The Kier molecular flexibility index (Phi) is 58.7. The van der Waals surface area contributed by atoms with Crippen LogP contribution in [-0.2, 0) is 23.7 Å². The van der Waals surface area contributed by atoms with Crippen molar-refractivity contribution in [3.8, 4) is 0 Å². The van der Waals surface area contributed by atoms with Crippen LogP contribution in [0.5, 0.6) is 0 Å². The van der Waals surface area contributed by atoms with Gasteiger partial charge in [-0.3, -0.25) is 0 Å². The van der Waals surface area contributed by atoms with Gasteiger partial charge in [-0.25, -0.2) is 11.0 Å². The molecule has 22 heavy (non-hydrogen) atoms. The molecular weight excluding hydrogens is 324 g/mol. The number of hydroxylamine groups is 2. The van der Waals surface area contributed by atoms with Crippen LogP contribution in [0.15, 0.2) is 0 Å². The van der Waals surface area contributed by atoms with E-state index in [0.29, 0.717) is 19.6 Å². The summed E-state index contributed by atoms with van der Waals surface area (Å²) in [6, 6.07) is 0. The average molecular weight is 359 g/mol. The van der Waals surface area contributed by atoms with Crippen LogP contribution in [0.2, 0.25) is 0 Å². The molecule has 0 saturated carbocycles. The zero-order chi connectivity index (χ0) is 17.9. The zero-order valence-electron chi connectivity index (χ0n) is 14.2. The van der Waals surface area contributed by atoms with Gasteiger partial charge in [0.15, 0.2) is 0 Å². The quantitative estimate of drug-likeness (QED) is 0.151. The number of hydrogen-bond acceptors (Lipinski definition) is 8. The Bertz CT molecular complexity index is 130. The molecule has 0 radical (unpaired) electrons. The molecule has 0 aromatic heterocycles. The topological polar surface area (TPSA) is 141 Å². The van der Waals surface area contributed by atoms with Gasteiger partial charge in [0.1, 0.15) is 0 Å². The van der Waals surface area contributed by atoms with Crippen molar-refractivity contribution in [1.82, 2.24) is 26.9 Å². The van der Waals surface area contributed by atoms with Gasteiger partial charge in [-0.15, -0.1) is 6.54 Å². The van der Waals surface area contributed by atoms with Crippen LogP contribution >= 0.6 is 0 Å². The van der Waals surface area contributed by atoms with Gasteiger partial charge < -0.3 is 32.1 Å². The second kappa shape index (κ2) is 42.9. The minimum absolute atomic E-state index is 0.494. The summed E-state index contributed by atoms with van der Waals surface area (Å²) in [5.41, 5.74) is 10.7. The van der Waals surface area contributed by atoms with Gasteiger partial charge in [0.2, 0.25) is 0 Å². The summed E-state index contributed by atoms with van der Waals surface area (Å²) in [5.74, 6) is 0. The van der Waals surface area contributed by atoms with Crippen molar-refractivity contribution in [2.45, 2.75) is 20.8 Å². The molecule has 9 nitrogen and oxygen atoms in total. The fourth-order valence-electron chi connectivity index (χ4n) is 0.907. The first-order valence-corrected chi connectivity index (χ1v) is 8.09. The summed E-state index contributed by atoms with van der Waals surface area (Å²) in [6.07, 6.45) is 0. The molecular formula is C12H35N6O3Ti. The van der Waals surface area contributed by atoms with Crippen LogP contribution < -0.4 is 26.9 Å². The number of rotatable bonds is 11. The van der Waals surface area contributed by atoms with Gasteiger partial charge in [-0.05, 0) is 26.2 Å². The summed E-state index contributed by atoms with van der Waals surface area (Å²) in [5, 5.41) is 25.1. The summed E-state index contributed by atoms with van der Waals surface area (Å²) < 4.78 is 8.25. The van der Waals surface area contributed by atoms with Gasteiger partial charge >= 0.3 is 23.7 Å². The van der Waals surface area contributed by atoms with Crippen molar-refractivity contribution in [1.29, 1.82) is 0 Å². The van der Waals surface area contributed by atoms with Gasteiger partial charge in [0.05, 0.1) is 0 Å². The summed E-state index contributed by atoms with van der Waals surface area (Å²) >= 11 is 0.750. The molecule has 0 fully saturated rings. The van der Waals surface area contributed by atoms with E-state index in [0.717, 1.165) is 59.7 Å². The van der Waals surface area contributed by atoms with Crippen LogP contribution in [0, 0.1) is 0 Å². The fourth-order valence-corrected chi connectivity index (χ4v) is 0.907. The van der Waals surface area contributed by atoms with Crippen LogP contribution in [0.3, 0.4) is 0 Å². The molecule has 0 aromatic carbocycles. The molecule has 0 bridgehead atoms. The molecule has 0 saturated heterocycles. The molecule has 0 unspecified atom stereocenters. The maximum absolute atomic E-state index is 8.25. The van der Waals surface area contributed by atoms with Gasteiger partial charge in [0, 0.05) is 26.2 Å². The molecule has 0 rings (SSSR count). The summed E-state index contributed by atoms with van der Waals surface area (Å²) in [6.45, 7) is 13.2. The van der Waals surface area contributed by atoms with Crippen LogP contribution in [0.25, 0.3) is 5.73 Å². The van der Waals surface area contributed by atoms with E-state index in [1.165, 1.54) is 0 Å². The first-order valence-electron chi connectivity index (χ1n) is 7.45. The van der Waals surface area contributed by atoms with Crippen molar-refractivity contribution in [3.05, 3.63) is 5.73 Å². The predicted molar refractivity (Wildman–Crippen MR) is 85.1 cm³/mol. The second-order valence-electron chi connectivity index (χ2n) is 3.63. The predicted octanol–water partition coefficient (Wildman–Crippen LogP) is -0.324. The third-order valence-corrected chi connectivity index (χ3v) is 1.88. The maximum atomic E-state index is 8.25. The van der Waals surface area contributed by atoms with Crippen molar-refractivity contribution >= 4 is 0 Å². The second-order valence-corrected chi connectivity index (χ2v) is 3.63. The molecule has 135 valence electrons. The monoisotopic (exact) mass is 359 g/mol. The summed E-state index contributed by atoms with van der Waals surface area (Å²) in [4.78, 5) is 0. The van der Waals surface area contributed by atoms with Crippen molar-refractivity contribution in [2.24, 2.45) is 0 Å². The molecule has 8 N–H and O–H groups in total. The normalized spacial score (nSPS) is 8.73. The fraction of sp³-hybridized carbons (Fsp3) is 1.00. The third kappa shape index (κ3) is 59.4. The molecule has 0 aliphatic rings. The molecule has 0 heterocycles. The molecule has 0 aliphatic heterocycles. The molecule has 0 aromatic rings. The van der Waals surface area contributed by atoms with Crippen LogP contribution in [0.1, 0.15) is 20.8 Å². The first kappa shape index (κ1) is 30.1. The van der Waals surface area contributed by atoms with E-state index in [-0.39, 0.29) is 0 Å². The van der Waals surface area contributed by atoms with Crippen LogP contribution in [-0.4, -0.2) is 69.3 Å². The first-order chi connectivity index (χ1) is 10.7. The molecule has 0 atom stereocenters. The van der Waals surface area contributed by atoms with Gasteiger partial charge in [0.25, 0.3) is 0 Å². The minimum atomic E-state index is 0.494. The Labute approximate surface area is 146 Å². The Balaban J connectivity index is -0.000000105. The average Bonchev–Trinajstić information content (AvgIpc) is 2.57. The van der Waals surface area contributed by atoms with Crippen LogP contribution in [0.4, 0.5) is 0 Å². The van der Waals surface area contributed by atoms with Gasteiger partial charge in [-0.2, -0.15) is 0 Å². The molecule has 10 heteroatoms. The van der Waals surface area contributed by atoms with Crippen molar-refractivity contribution in [3.63, 3.8) is 0 Å². The molecule has 0 amide bonds. The Morgan fingerprint density at radius 2 is 1.05 bits per heavy atom. The Morgan fingerprint density at radius 1 is 0.727 bits per heavy atom. The van der Waals surface area contributed by atoms with E-state index in [4.69, 9.17) is 19.5 Å². The van der Waals surface area contributed by atoms with E-state index in [2.05, 4.69) is 16.0 Å². The van der Waals surface area contributed by atoms with E-state index < -0.39 is 0 Å². The SMILES string of the molecule is CCNCCNO.CCNCCNO.CCNCC[NH-].[O]=[Ti+]. The Hall–Kier alpha value is 0.194. The summed E-state index contributed by atoms with van der Waals surface area (Å²) in [7, 11) is 0. The van der Waals surface area contributed by atoms with E-state index in [9.17, 15) is 0 Å². The van der Waals surface area contributed by atoms with Crippen molar-refractivity contribution < 1.29 is 34.1 Å². The number of likely N-dealkylation sites (N-methyl/N-ethyl adjacent to an activating group) is 3. The number of nitrogens with one attached hydrogen (secondary N) is 6. The van der Waals surface area contributed by atoms with E-state index in [1.807, 2.05) is 31.7 Å². The van der Waals surface area contributed by atoms with Crippen molar-refractivity contribution in [2.75, 3.05) is 58.9 Å².